The van der Waals surface area contributed by atoms with Crippen LogP contribution in [0.4, 0.5) is 4.79 Å². The van der Waals surface area contributed by atoms with Crippen LogP contribution < -0.4 is 9.47 Å². The van der Waals surface area contributed by atoms with Gasteiger partial charge in [-0.1, -0.05) is 45.0 Å². The summed E-state index contributed by atoms with van der Waals surface area (Å²) < 4.78 is 10.9. The molecule has 0 saturated carbocycles. The number of carbonyl (C=O) groups excluding carboxylic acids is 2. The molecule has 0 atom stereocenters. The zero-order chi connectivity index (χ0) is 19.8. The van der Waals surface area contributed by atoms with Crippen LogP contribution in [0, 0.1) is 0 Å². The molecule has 27 heavy (non-hydrogen) atoms. The third-order valence-electron chi connectivity index (χ3n) is 4.29. The maximum absolute atomic E-state index is 12.6. The van der Waals surface area contributed by atoms with Crippen molar-refractivity contribution in [1.29, 1.82) is 0 Å². The molecule has 0 unspecified atom stereocenters. The molecule has 0 N–H and O–H groups in total. The fourth-order valence-corrected chi connectivity index (χ4v) is 2.65. The highest BCUT2D eigenvalue weighted by Crippen LogP contribution is 2.35. The number of hydrogen-bond acceptors (Lipinski definition) is 4. The lowest BCUT2D eigenvalue weighted by molar-refractivity contribution is 0.101. The van der Waals surface area contributed by atoms with Gasteiger partial charge in [0.1, 0.15) is 11.5 Å². The molecule has 5 nitrogen and oxygen atoms in total. The lowest BCUT2D eigenvalue weighted by Gasteiger charge is -2.18. The van der Waals surface area contributed by atoms with Gasteiger partial charge in [0.25, 0.3) is 0 Å². The fraction of sp³-hybridized carbons (Fsp3) is 0.273. The number of carbonyl (C=O) groups is 2. The van der Waals surface area contributed by atoms with Crippen molar-refractivity contribution in [3.05, 3.63) is 64.9 Å². The van der Waals surface area contributed by atoms with Crippen molar-refractivity contribution in [2.45, 2.75) is 26.2 Å². The molecule has 3 rings (SSSR count). The van der Waals surface area contributed by atoms with Gasteiger partial charge in [0.15, 0.2) is 5.76 Å². The van der Waals surface area contributed by atoms with Crippen LogP contribution in [-0.4, -0.2) is 30.9 Å². The molecule has 0 spiro atoms. The Kier molecular flexibility index (Phi) is 4.79. The first-order valence-electron chi connectivity index (χ1n) is 8.73. The number of ketones is 1. The molecule has 0 saturated heterocycles. The smallest absolute Gasteiger partial charge is 0.414 e. The van der Waals surface area contributed by atoms with E-state index in [2.05, 4.69) is 32.9 Å². The number of allylic oxidation sites excluding steroid dienone is 1. The Balaban J connectivity index is 1.82. The number of nitrogens with zero attached hydrogens (tertiary/aromatic N) is 1. The first kappa shape index (κ1) is 18.7. The standard InChI is InChI=1S/C22H23NO4/c1-22(2,3)15-8-6-14(7-9-15)12-19-20(24)17-11-10-16(13-18(17)27-19)26-21(25)23(4)5/h6-13H,1-5H3. The summed E-state index contributed by atoms with van der Waals surface area (Å²) in [4.78, 5) is 25.5. The zero-order valence-corrected chi connectivity index (χ0v) is 16.2. The molecule has 1 heterocycles. The first-order valence-corrected chi connectivity index (χ1v) is 8.73. The summed E-state index contributed by atoms with van der Waals surface area (Å²) in [6, 6.07) is 12.8. The van der Waals surface area contributed by atoms with Gasteiger partial charge < -0.3 is 14.4 Å². The van der Waals surface area contributed by atoms with E-state index in [-0.39, 0.29) is 17.0 Å². The molecular weight excluding hydrogens is 342 g/mol. The van der Waals surface area contributed by atoms with Crippen molar-refractivity contribution >= 4 is 18.0 Å². The molecule has 0 fully saturated rings. The summed E-state index contributed by atoms with van der Waals surface area (Å²) in [5, 5.41) is 0. The SMILES string of the molecule is CN(C)C(=O)Oc1ccc2c(c1)OC(=Cc1ccc(C(C)(C)C)cc1)C2=O. The number of benzene rings is 2. The van der Waals surface area contributed by atoms with Gasteiger partial charge in [0.2, 0.25) is 5.78 Å². The van der Waals surface area contributed by atoms with Gasteiger partial charge in [0.05, 0.1) is 5.56 Å². The molecule has 0 aliphatic carbocycles. The monoisotopic (exact) mass is 365 g/mol. The van der Waals surface area contributed by atoms with E-state index in [1.807, 2.05) is 12.1 Å². The van der Waals surface area contributed by atoms with Crippen molar-refractivity contribution in [1.82, 2.24) is 4.90 Å². The summed E-state index contributed by atoms with van der Waals surface area (Å²) in [6.45, 7) is 6.46. The van der Waals surface area contributed by atoms with E-state index in [1.54, 1.807) is 38.4 Å². The minimum absolute atomic E-state index is 0.0714. The Morgan fingerprint density at radius 3 is 2.33 bits per heavy atom. The second-order valence-electron chi connectivity index (χ2n) is 7.73. The Morgan fingerprint density at radius 2 is 1.74 bits per heavy atom. The van der Waals surface area contributed by atoms with Crippen LogP contribution in [0.3, 0.4) is 0 Å². The highest BCUT2D eigenvalue weighted by atomic mass is 16.6. The lowest BCUT2D eigenvalue weighted by Crippen LogP contribution is -2.25. The zero-order valence-electron chi connectivity index (χ0n) is 16.2. The fourth-order valence-electron chi connectivity index (χ4n) is 2.65. The summed E-state index contributed by atoms with van der Waals surface area (Å²) in [5.41, 5.74) is 2.64. The van der Waals surface area contributed by atoms with Gasteiger partial charge in [-0.05, 0) is 34.8 Å². The molecule has 1 aliphatic rings. The number of amides is 1. The van der Waals surface area contributed by atoms with Crippen LogP contribution in [0.5, 0.6) is 11.5 Å². The van der Waals surface area contributed by atoms with Crippen LogP contribution in [-0.2, 0) is 5.41 Å². The maximum atomic E-state index is 12.6. The molecule has 2 aromatic rings. The van der Waals surface area contributed by atoms with Crippen LogP contribution in [0.25, 0.3) is 6.08 Å². The quantitative estimate of drug-likeness (QED) is 0.726. The summed E-state index contributed by atoms with van der Waals surface area (Å²) in [5.74, 6) is 0.789. The van der Waals surface area contributed by atoms with E-state index >= 15 is 0 Å². The van der Waals surface area contributed by atoms with Crippen molar-refractivity contribution in [2.75, 3.05) is 14.1 Å². The molecule has 1 amide bonds. The number of Topliss-reactive ketones (excluding diaryl/α,β-unsaturated/α-hetero) is 1. The lowest BCUT2D eigenvalue weighted by atomic mass is 9.86. The topological polar surface area (TPSA) is 55.8 Å². The van der Waals surface area contributed by atoms with Gasteiger partial charge in [-0.3, -0.25) is 4.79 Å². The molecular formula is C22H23NO4. The molecule has 140 valence electrons. The van der Waals surface area contributed by atoms with E-state index in [0.29, 0.717) is 17.1 Å². The van der Waals surface area contributed by atoms with E-state index < -0.39 is 6.09 Å². The van der Waals surface area contributed by atoms with E-state index in [9.17, 15) is 9.59 Å². The highest BCUT2D eigenvalue weighted by Gasteiger charge is 2.28. The number of fused-ring (bicyclic) bond motifs is 1. The maximum Gasteiger partial charge on any atom is 0.414 e. The van der Waals surface area contributed by atoms with Crippen molar-refractivity contribution in [2.24, 2.45) is 0 Å². The minimum atomic E-state index is -0.492. The van der Waals surface area contributed by atoms with Gasteiger partial charge >= 0.3 is 6.09 Å². The Labute approximate surface area is 159 Å². The average Bonchev–Trinajstić information content (AvgIpc) is 2.90. The van der Waals surface area contributed by atoms with Crippen LogP contribution in [0.1, 0.15) is 42.3 Å². The molecule has 2 aromatic carbocycles. The second-order valence-corrected chi connectivity index (χ2v) is 7.73. The van der Waals surface area contributed by atoms with Crippen molar-refractivity contribution in [3.8, 4) is 11.5 Å². The predicted octanol–water partition coefficient (Wildman–Crippen LogP) is 4.66. The molecule has 0 bridgehead atoms. The molecule has 5 heteroatoms. The normalized spacial score (nSPS) is 14.7. The van der Waals surface area contributed by atoms with Crippen LogP contribution in [0.2, 0.25) is 0 Å². The Bertz CT molecular complexity index is 918. The number of ether oxygens (including phenoxy) is 2. The highest BCUT2D eigenvalue weighted by molar-refractivity contribution is 6.14. The molecule has 0 radical (unpaired) electrons. The Hall–Kier alpha value is -3.08. The second kappa shape index (κ2) is 6.91. The van der Waals surface area contributed by atoms with Crippen molar-refractivity contribution < 1.29 is 19.1 Å². The third-order valence-corrected chi connectivity index (χ3v) is 4.29. The Morgan fingerprint density at radius 1 is 1.07 bits per heavy atom. The third kappa shape index (κ3) is 4.03. The largest absolute Gasteiger partial charge is 0.452 e. The molecule has 0 aromatic heterocycles. The van der Waals surface area contributed by atoms with Gasteiger partial charge in [0, 0.05) is 20.2 Å². The van der Waals surface area contributed by atoms with Gasteiger partial charge in [-0.15, -0.1) is 0 Å². The van der Waals surface area contributed by atoms with Crippen LogP contribution in [0.15, 0.2) is 48.2 Å². The summed E-state index contributed by atoms with van der Waals surface area (Å²) in [7, 11) is 3.20. The predicted molar refractivity (Wildman–Crippen MR) is 104 cm³/mol. The molecule has 1 aliphatic heterocycles. The minimum Gasteiger partial charge on any atom is -0.452 e. The van der Waals surface area contributed by atoms with Crippen LogP contribution >= 0.6 is 0 Å². The number of hydrogen-bond donors (Lipinski definition) is 0. The number of rotatable bonds is 2. The summed E-state index contributed by atoms with van der Waals surface area (Å²) >= 11 is 0. The van der Waals surface area contributed by atoms with Crippen molar-refractivity contribution in [3.63, 3.8) is 0 Å². The first-order chi connectivity index (χ1) is 12.6. The van der Waals surface area contributed by atoms with Gasteiger partial charge in [-0.2, -0.15) is 0 Å². The van der Waals surface area contributed by atoms with E-state index in [4.69, 9.17) is 9.47 Å². The average molecular weight is 365 g/mol. The van der Waals surface area contributed by atoms with E-state index in [0.717, 1.165) is 5.56 Å². The summed E-state index contributed by atoms with van der Waals surface area (Å²) in [6.07, 6.45) is 1.23. The van der Waals surface area contributed by atoms with E-state index in [1.165, 1.54) is 10.5 Å². The van der Waals surface area contributed by atoms with Gasteiger partial charge in [-0.25, -0.2) is 4.79 Å².